The van der Waals surface area contributed by atoms with Crippen molar-refractivity contribution in [3.63, 3.8) is 0 Å². The third-order valence-electron chi connectivity index (χ3n) is 4.40. The van der Waals surface area contributed by atoms with Gasteiger partial charge in [-0.1, -0.05) is 48.0 Å². The normalized spacial score (nSPS) is 11.6. The second-order valence-electron chi connectivity index (χ2n) is 6.55. The summed E-state index contributed by atoms with van der Waals surface area (Å²) in [6.07, 6.45) is -1.14. The van der Waals surface area contributed by atoms with E-state index in [0.29, 0.717) is 22.2 Å². The highest BCUT2D eigenvalue weighted by atomic mass is 16.5. The first-order chi connectivity index (χ1) is 13.9. The highest BCUT2D eigenvalue weighted by Crippen LogP contribution is 2.26. The first-order valence-corrected chi connectivity index (χ1v) is 9.09. The topological polar surface area (TPSA) is 97.4 Å². The van der Waals surface area contributed by atoms with Crippen molar-refractivity contribution < 1.29 is 19.1 Å². The Morgan fingerprint density at radius 1 is 1.03 bits per heavy atom. The summed E-state index contributed by atoms with van der Waals surface area (Å²) in [5, 5.41) is 4.98. The van der Waals surface area contributed by atoms with Crippen molar-refractivity contribution in [1.82, 2.24) is 15.6 Å². The number of pyridine rings is 1. The van der Waals surface area contributed by atoms with Crippen LogP contribution in [0, 0.1) is 6.92 Å². The summed E-state index contributed by atoms with van der Waals surface area (Å²) >= 11 is 0. The lowest BCUT2D eigenvalue weighted by Gasteiger charge is -2.14. The summed E-state index contributed by atoms with van der Waals surface area (Å²) < 4.78 is 5.30. The molecule has 3 aromatic rings. The van der Waals surface area contributed by atoms with Gasteiger partial charge in [0.15, 0.2) is 6.10 Å². The second kappa shape index (κ2) is 8.52. The van der Waals surface area contributed by atoms with Crippen LogP contribution in [0.15, 0.2) is 54.6 Å². The lowest BCUT2D eigenvalue weighted by Crippen LogP contribution is -2.43. The lowest BCUT2D eigenvalue weighted by atomic mass is 10.0. The minimum absolute atomic E-state index is 0.297. The van der Waals surface area contributed by atoms with Gasteiger partial charge in [-0.15, -0.1) is 0 Å². The molecule has 0 aliphatic carbocycles. The van der Waals surface area contributed by atoms with Crippen molar-refractivity contribution >= 4 is 28.8 Å². The van der Waals surface area contributed by atoms with Gasteiger partial charge < -0.3 is 10.1 Å². The molecule has 0 spiro atoms. The van der Waals surface area contributed by atoms with Crippen LogP contribution < -0.4 is 10.6 Å². The number of amides is 3. The minimum Gasteiger partial charge on any atom is -0.449 e. The van der Waals surface area contributed by atoms with Gasteiger partial charge in [0.25, 0.3) is 5.91 Å². The average molecular weight is 391 g/mol. The van der Waals surface area contributed by atoms with Crippen LogP contribution in [0.1, 0.15) is 22.8 Å². The fourth-order valence-electron chi connectivity index (χ4n) is 2.77. The van der Waals surface area contributed by atoms with Gasteiger partial charge in [-0.05, 0) is 26.0 Å². The number of hydrogen-bond donors (Lipinski definition) is 2. The number of ether oxygens (including phenoxy) is 1. The van der Waals surface area contributed by atoms with Crippen LogP contribution in [-0.2, 0) is 9.53 Å². The molecule has 0 saturated carbocycles. The molecule has 29 heavy (non-hydrogen) atoms. The summed E-state index contributed by atoms with van der Waals surface area (Å²) in [7, 11) is 1.38. The van der Waals surface area contributed by atoms with E-state index in [1.165, 1.54) is 14.0 Å². The van der Waals surface area contributed by atoms with E-state index in [1.54, 1.807) is 18.2 Å². The Balaban J connectivity index is 1.95. The number of para-hydroxylation sites is 1. The Hall–Kier alpha value is -3.74. The lowest BCUT2D eigenvalue weighted by molar-refractivity contribution is -0.127. The Bertz CT molecular complexity index is 1080. The Morgan fingerprint density at radius 3 is 2.41 bits per heavy atom. The number of aromatic nitrogens is 1. The number of urea groups is 1. The summed E-state index contributed by atoms with van der Waals surface area (Å²) in [5.41, 5.74) is 3.54. The molecule has 0 unspecified atom stereocenters. The molecule has 3 rings (SSSR count). The first-order valence-electron chi connectivity index (χ1n) is 9.09. The highest BCUT2D eigenvalue weighted by molar-refractivity contribution is 6.06. The van der Waals surface area contributed by atoms with E-state index in [-0.39, 0.29) is 0 Å². The van der Waals surface area contributed by atoms with E-state index in [4.69, 9.17) is 4.74 Å². The summed E-state index contributed by atoms with van der Waals surface area (Å²) in [6.45, 7) is 3.39. The Labute approximate surface area is 168 Å². The van der Waals surface area contributed by atoms with Gasteiger partial charge in [0, 0.05) is 18.0 Å². The number of imide groups is 1. The van der Waals surface area contributed by atoms with Gasteiger partial charge >= 0.3 is 12.0 Å². The maximum Gasteiger partial charge on any atom is 0.339 e. The van der Waals surface area contributed by atoms with Gasteiger partial charge in [0.2, 0.25) is 0 Å². The van der Waals surface area contributed by atoms with Gasteiger partial charge in [-0.2, -0.15) is 0 Å². The van der Waals surface area contributed by atoms with Gasteiger partial charge in [-0.25, -0.2) is 14.6 Å². The van der Waals surface area contributed by atoms with Crippen LogP contribution in [0.2, 0.25) is 0 Å². The molecular weight excluding hydrogens is 370 g/mol. The zero-order valence-electron chi connectivity index (χ0n) is 16.4. The van der Waals surface area contributed by atoms with Crippen LogP contribution in [0.5, 0.6) is 0 Å². The number of carbonyl (C=O) groups is 3. The smallest absolute Gasteiger partial charge is 0.339 e. The number of aryl methyl sites for hydroxylation is 1. The predicted molar refractivity (Wildman–Crippen MR) is 109 cm³/mol. The van der Waals surface area contributed by atoms with Crippen LogP contribution >= 0.6 is 0 Å². The van der Waals surface area contributed by atoms with Gasteiger partial charge in [0.05, 0.1) is 16.8 Å². The Morgan fingerprint density at radius 2 is 1.72 bits per heavy atom. The number of fused-ring (bicyclic) bond motifs is 1. The van der Waals surface area contributed by atoms with Crippen molar-refractivity contribution in [2.75, 3.05) is 7.05 Å². The van der Waals surface area contributed by atoms with Gasteiger partial charge in [0.1, 0.15) is 0 Å². The van der Waals surface area contributed by atoms with E-state index in [0.717, 1.165) is 11.1 Å². The van der Waals surface area contributed by atoms with Crippen molar-refractivity contribution in [1.29, 1.82) is 0 Å². The molecule has 1 atom stereocenters. The molecule has 0 radical (unpaired) electrons. The number of nitrogens with zero attached hydrogens (tertiary/aromatic N) is 1. The van der Waals surface area contributed by atoms with E-state index in [9.17, 15) is 14.4 Å². The number of rotatable bonds is 4. The van der Waals surface area contributed by atoms with Crippen LogP contribution in [-0.4, -0.2) is 36.0 Å². The second-order valence-corrected chi connectivity index (χ2v) is 6.55. The zero-order valence-corrected chi connectivity index (χ0v) is 16.4. The number of benzene rings is 2. The average Bonchev–Trinajstić information content (AvgIpc) is 2.73. The van der Waals surface area contributed by atoms with Crippen LogP contribution in [0.4, 0.5) is 4.79 Å². The van der Waals surface area contributed by atoms with E-state index < -0.39 is 24.0 Å². The molecule has 7 heteroatoms. The maximum atomic E-state index is 12.8. The predicted octanol–water partition coefficient (Wildman–Crippen LogP) is 3.21. The monoisotopic (exact) mass is 391 g/mol. The fourth-order valence-corrected chi connectivity index (χ4v) is 2.77. The summed E-state index contributed by atoms with van der Waals surface area (Å²) in [5.74, 6) is -1.38. The standard InChI is InChI=1S/C22H21N3O4/c1-13-8-10-15(11-9-13)19-12-17(16-6-4-5-7-18(16)24-19)21(27)29-14(2)20(26)25-22(28)23-3/h4-12,14H,1-3H3,(H2,23,25,26,28)/t14-/m1/s1. The molecule has 0 aliphatic rings. The molecule has 1 aromatic heterocycles. The molecular formula is C22H21N3O4. The molecule has 3 amide bonds. The van der Waals surface area contributed by atoms with E-state index in [2.05, 4.69) is 15.6 Å². The van der Waals surface area contributed by atoms with Crippen molar-refractivity contribution in [3.05, 3.63) is 65.7 Å². The summed E-state index contributed by atoms with van der Waals surface area (Å²) in [6, 6.07) is 16.0. The third-order valence-corrected chi connectivity index (χ3v) is 4.40. The molecule has 7 nitrogen and oxygen atoms in total. The van der Waals surface area contributed by atoms with Crippen molar-refractivity contribution in [3.8, 4) is 11.3 Å². The number of carbonyl (C=O) groups excluding carboxylic acids is 3. The molecule has 0 saturated heterocycles. The van der Waals surface area contributed by atoms with Crippen molar-refractivity contribution in [2.45, 2.75) is 20.0 Å². The van der Waals surface area contributed by atoms with E-state index in [1.807, 2.05) is 43.3 Å². The summed E-state index contributed by atoms with van der Waals surface area (Å²) in [4.78, 5) is 40.8. The number of nitrogens with one attached hydrogen (secondary N) is 2. The number of hydrogen-bond acceptors (Lipinski definition) is 5. The van der Waals surface area contributed by atoms with Crippen LogP contribution in [0.3, 0.4) is 0 Å². The molecule has 1 heterocycles. The molecule has 2 aromatic carbocycles. The molecule has 148 valence electrons. The molecule has 0 bridgehead atoms. The third kappa shape index (κ3) is 4.57. The van der Waals surface area contributed by atoms with Crippen molar-refractivity contribution in [2.24, 2.45) is 0 Å². The molecule has 2 N–H and O–H groups in total. The molecule has 0 aliphatic heterocycles. The maximum absolute atomic E-state index is 12.8. The fraction of sp³-hybridized carbons (Fsp3) is 0.182. The quantitative estimate of drug-likeness (QED) is 0.666. The van der Waals surface area contributed by atoms with E-state index >= 15 is 0 Å². The number of esters is 1. The largest absolute Gasteiger partial charge is 0.449 e. The highest BCUT2D eigenvalue weighted by Gasteiger charge is 2.22. The molecule has 0 fully saturated rings. The Kier molecular flexibility index (Phi) is 5.87. The van der Waals surface area contributed by atoms with Crippen LogP contribution in [0.25, 0.3) is 22.2 Å². The minimum atomic E-state index is -1.14. The van der Waals surface area contributed by atoms with Gasteiger partial charge in [-0.3, -0.25) is 10.1 Å². The SMILES string of the molecule is CNC(=O)NC(=O)[C@@H](C)OC(=O)c1cc(-c2ccc(C)cc2)nc2ccccc12. The first kappa shape index (κ1) is 20.0. The zero-order chi connectivity index (χ0) is 21.0.